The lowest BCUT2D eigenvalue weighted by molar-refractivity contribution is 0.0946. The molecule has 0 unspecified atom stereocenters. The Kier molecular flexibility index (Phi) is 6.56. The predicted molar refractivity (Wildman–Crippen MR) is 97.9 cm³/mol. The molecule has 6 nitrogen and oxygen atoms in total. The Morgan fingerprint density at radius 3 is 2.28 bits per heavy atom. The van der Waals surface area contributed by atoms with Crippen LogP contribution in [0.2, 0.25) is 0 Å². The van der Waals surface area contributed by atoms with Crippen molar-refractivity contribution in [2.75, 3.05) is 13.1 Å². The minimum atomic E-state index is -0.530. The van der Waals surface area contributed by atoms with Crippen LogP contribution in [0.3, 0.4) is 0 Å². The molecule has 2 rings (SSSR count). The number of amides is 2. The summed E-state index contributed by atoms with van der Waals surface area (Å²) in [6.07, 6.45) is 8.93. The van der Waals surface area contributed by atoms with E-state index < -0.39 is 17.2 Å². The molecule has 2 amide bonds. The lowest BCUT2D eigenvalue weighted by Gasteiger charge is -2.17. The largest absolute Gasteiger partial charge is 0.352 e. The second-order valence-corrected chi connectivity index (χ2v) is 6.90. The standard InChI is InChI=1S/C19H27N3O3/c1-4-9-20-18(24)15-11-22(14-7-5-6-8-14)12-16(17(15)23)19(25)21-10-13(2)3/h4,11-14H,1,5-10H2,2-3H3,(H,20,24)(H,21,25). The molecule has 1 aliphatic carbocycles. The van der Waals surface area contributed by atoms with E-state index in [1.165, 1.54) is 0 Å². The van der Waals surface area contributed by atoms with Gasteiger partial charge in [0.05, 0.1) is 0 Å². The molecule has 0 atom stereocenters. The third-order valence-corrected chi connectivity index (χ3v) is 4.36. The molecular weight excluding hydrogens is 318 g/mol. The first-order chi connectivity index (χ1) is 11.9. The zero-order valence-electron chi connectivity index (χ0n) is 15.0. The summed E-state index contributed by atoms with van der Waals surface area (Å²) < 4.78 is 1.86. The first-order valence-electron chi connectivity index (χ1n) is 8.87. The third kappa shape index (κ3) is 4.81. The van der Waals surface area contributed by atoms with Crippen LogP contribution in [0.1, 0.15) is 66.3 Å². The number of pyridine rings is 1. The SMILES string of the molecule is C=CCNC(=O)c1cn(C2CCCC2)cc(C(=O)NCC(C)C)c1=O. The van der Waals surface area contributed by atoms with Crippen LogP contribution in [0, 0.1) is 5.92 Å². The molecule has 1 fully saturated rings. The van der Waals surface area contributed by atoms with Crippen LogP contribution >= 0.6 is 0 Å². The second kappa shape index (κ2) is 8.65. The molecule has 25 heavy (non-hydrogen) atoms. The number of carbonyl (C=O) groups is 2. The summed E-state index contributed by atoms with van der Waals surface area (Å²) in [6, 6.07) is 0.225. The van der Waals surface area contributed by atoms with Gasteiger partial charge in [0.1, 0.15) is 11.1 Å². The molecule has 1 aromatic heterocycles. The van der Waals surface area contributed by atoms with Crippen molar-refractivity contribution in [3.63, 3.8) is 0 Å². The molecule has 1 aliphatic rings. The Morgan fingerprint density at radius 2 is 1.76 bits per heavy atom. The van der Waals surface area contributed by atoms with E-state index in [1.807, 2.05) is 18.4 Å². The first kappa shape index (κ1) is 19.0. The molecule has 2 N–H and O–H groups in total. The monoisotopic (exact) mass is 345 g/mol. The highest BCUT2D eigenvalue weighted by Crippen LogP contribution is 2.29. The average Bonchev–Trinajstić information content (AvgIpc) is 3.12. The molecule has 6 heteroatoms. The van der Waals surface area contributed by atoms with Crippen LogP contribution in [-0.2, 0) is 0 Å². The van der Waals surface area contributed by atoms with Crippen LogP contribution in [-0.4, -0.2) is 29.5 Å². The zero-order valence-corrected chi connectivity index (χ0v) is 15.0. The van der Waals surface area contributed by atoms with Crippen LogP contribution in [0.25, 0.3) is 0 Å². The number of rotatable bonds is 7. The highest BCUT2D eigenvalue weighted by Gasteiger charge is 2.23. The summed E-state index contributed by atoms with van der Waals surface area (Å²) in [4.78, 5) is 37.4. The number of aromatic nitrogens is 1. The van der Waals surface area contributed by atoms with Gasteiger partial charge in [-0.15, -0.1) is 6.58 Å². The molecule has 0 radical (unpaired) electrons. The van der Waals surface area contributed by atoms with Gasteiger partial charge in [0.2, 0.25) is 5.43 Å². The van der Waals surface area contributed by atoms with Crippen LogP contribution in [0.5, 0.6) is 0 Å². The average molecular weight is 345 g/mol. The van der Waals surface area contributed by atoms with E-state index in [4.69, 9.17) is 0 Å². The molecule has 1 aromatic rings. The van der Waals surface area contributed by atoms with Crippen molar-refractivity contribution in [1.29, 1.82) is 0 Å². The van der Waals surface area contributed by atoms with Gasteiger partial charge in [-0.2, -0.15) is 0 Å². The van der Waals surface area contributed by atoms with Crippen LogP contribution < -0.4 is 16.1 Å². The lowest BCUT2D eigenvalue weighted by atomic mass is 10.1. The minimum Gasteiger partial charge on any atom is -0.352 e. The summed E-state index contributed by atoms with van der Waals surface area (Å²) in [5.74, 6) is -0.626. The minimum absolute atomic E-state index is 0.00551. The van der Waals surface area contributed by atoms with Gasteiger partial charge in [-0.3, -0.25) is 14.4 Å². The van der Waals surface area contributed by atoms with Gasteiger partial charge in [-0.1, -0.05) is 32.8 Å². The highest BCUT2D eigenvalue weighted by molar-refractivity contribution is 5.99. The maximum atomic E-state index is 12.7. The fraction of sp³-hybridized carbons (Fsp3) is 0.526. The van der Waals surface area contributed by atoms with Crippen molar-refractivity contribution in [3.8, 4) is 0 Å². The van der Waals surface area contributed by atoms with Gasteiger partial charge in [-0.25, -0.2) is 0 Å². The van der Waals surface area contributed by atoms with Gasteiger partial charge in [0.15, 0.2) is 0 Å². The van der Waals surface area contributed by atoms with Gasteiger partial charge < -0.3 is 15.2 Å². The number of nitrogens with zero attached hydrogens (tertiary/aromatic N) is 1. The van der Waals surface area contributed by atoms with Gasteiger partial charge in [0, 0.05) is 31.5 Å². The smallest absolute Gasteiger partial charge is 0.257 e. The van der Waals surface area contributed by atoms with Gasteiger partial charge >= 0.3 is 0 Å². The molecule has 1 saturated carbocycles. The van der Waals surface area contributed by atoms with E-state index in [1.54, 1.807) is 18.5 Å². The van der Waals surface area contributed by atoms with E-state index in [0.717, 1.165) is 25.7 Å². The Morgan fingerprint density at radius 1 is 1.20 bits per heavy atom. The van der Waals surface area contributed by atoms with Crippen LogP contribution in [0.15, 0.2) is 29.8 Å². The van der Waals surface area contributed by atoms with E-state index in [2.05, 4.69) is 17.2 Å². The van der Waals surface area contributed by atoms with Crippen molar-refractivity contribution in [2.45, 2.75) is 45.6 Å². The fourth-order valence-electron chi connectivity index (χ4n) is 2.99. The lowest BCUT2D eigenvalue weighted by Crippen LogP contribution is -2.36. The van der Waals surface area contributed by atoms with Crippen molar-refractivity contribution in [3.05, 3.63) is 46.4 Å². The number of hydrogen-bond donors (Lipinski definition) is 2. The van der Waals surface area contributed by atoms with Crippen molar-refractivity contribution >= 4 is 11.8 Å². The van der Waals surface area contributed by atoms with Gasteiger partial charge in [0.25, 0.3) is 11.8 Å². The quantitative estimate of drug-likeness (QED) is 0.744. The molecular formula is C19H27N3O3. The van der Waals surface area contributed by atoms with E-state index >= 15 is 0 Å². The zero-order chi connectivity index (χ0) is 18.4. The number of nitrogens with one attached hydrogen (secondary N) is 2. The molecule has 0 aliphatic heterocycles. The normalized spacial score (nSPS) is 14.5. The molecule has 136 valence electrons. The summed E-state index contributed by atoms with van der Waals surface area (Å²) in [6.45, 7) is 8.27. The second-order valence-electron chi connectivity index (χ2n) is 6.90. The number of hydrogen-bond acceptors (Lipinski definition) is 3. The van der Waals surface area contributed by atoms with Crippen molar-refractivity contribution in [1.82, 2.24) is 15.2 Å². The van der Waals surface area contributed by atoms with Gasteiger partial charge in [-0.05, 0) is 18.8 Å². The fourth-order valence-corrected chi connectivity index (χ4v) is 2.99. The van der Waals surface area contributed by atoms with Crippen molar-refractivity contribution < 1.29 is 9.59 Å². The van der Waals surface area contributed by atoms with Crippen molar-refractivity contribution in [2.24, 2.45) is 5.92 Å². The van der Waals surface area contributed by atoms with E-state index in [-0.39, 0.29) is 29.6 Å². The summed E-state index contributed by atoms with van der Waals surface area (Å²) in [5.41, 5.74) is -0.498. The highest BCUT2D eigenvalue weighted by atomic mass is 16.2. The Labute approximate surface area is 148 Å². The van der Waals surface area contributed by atoms with E-state index in [9.17, 15) is 14.4 Å². The summed E-state index contributed by atoms with van der Waals surface area (Å²) >= 11 is 0. The Bertz CT molecular complexity index is 700. The number of carbonyl (C=O) groups excluding carboxylic acids is 2. The topological polar surface area (TPSA) is 80.2 Å². The molecule has 0 spiro atoms. The maximum Gasteiger partial charge on any atom is 0.257 e. The van der Waals surface area contributed by atoms with Crippen LogP contribution in [0.4, 0.5) is 0 Å². The predicted octanol–water partition coefficient (Wildman–Crippen LogP) is 2.27. The molecule has 0 bridgehead atoms. The summed E-state index contributed by atoms with van der Waals surface area (Å²) in [5, 5.41) is 5.39. The molecule has 0 saturated heterocycles. The summed E-state index contributed by atoms with van der Waals surface area (Å²) in [7, 11) is 0. The third-order valence-electron chi connectivity index (χ3n) is 4.36. The molecule has 1 heterocycles. The first-order valence-corrected chi connectivity index (χ1v) is 8.87. The Hall–Kier alpha value is -2.37. The maximum absolute atomic E-state index is 12.7. The van der Waals surface area contributed by atoms with E-state index in [0.29, 0.717) is 6.54 Å². The molecule has 0 aromatic carbocycles. The Balaban J connectivity index is 2.40.